The number of carbonyl (C=O) groups is 1. The number of imidazole rings is 1. The average molecular weight is 492 g/mol. The number of piperidine rings is 1. The third-order valence-electron chi connectivity index (χ3n) is 7.18. The van der Waals surface area contributed by atoms with Crippen molar-refractivity contribution in [3.05, 3.63) is 72.1 Å². The minimum absolute atomic E-state index is 0.196. The largest absolute Gasteiger partial charge is 0.312 e. The topological polar surface area (TPSA) is 92.6 Å². The quantitative estimate of drug-likeness (QED) is 0.331. The van der Waals surface area contributed by atoms with Gasteiger partial charge in [0, 0.05) is 30.6 Å². The Bertz CT molecular complexity index is 1590. The summed E-state index contributed by atoms with van der Waals surface area (Å²) in [5.74, 6) is 1.85. The Labute approximate surface area is 215 Å². The second-order valence-corrected chi connectivity index (χ2v) is 9.53. The number of aromatic amines is 1. The highest BCUT2D eigenvalue weighted by Crippen LogP contribution is 2.36. The number of aromatic nitrogens is 6. The lowest BCUT2D eigenvalue weighted by molar-refractivity contribution is -0.119. The fourth-order valence-corrected chi connectivity index (χ4v) is 5.38. The van der Waals surface area contributed by atoms with Gasteiger partial charge in [0.05, 0.1) is 16.7 Å². The molecule has 0 bridgehead atoms. The first-order valence-electron chi connectivity index (χ1n) is 12.9. The zero-order valence-electron chi connectivity index (χ0n) is 21.1. The molecule has 0 saturated carbocycles. The van der Waals surface area contributed by atoms with Crippen molar-refractivity contribution in [2.24, 2.45) is 0 Å². The van der Waals surface area contributed by atoms with Gasteiger partial charge in [-0.2, -0.15) is 0 Å². The van der Waals surface area contributed by atoms with Gasteiger partial charge in [-0.05, 0) is 77.6 Å². The first kappa shape index (κ1) is 23.1. The molecule has 186 valence electrons. The highest BCUT2D eigenvalue weighted by Gasteiger charge is 2.22. The number of hydrogen-bond donors (Lipinski definition) is 1. The van der Waals surface area contributed by atoms with Crippen molar-refractivity contribution < 1.29 is 4.79 Å². The first-order chi connectivity index (χ1) is 18.2. The Morgan fingerprint density at radius 3 is 2.59 bits per heavy atom. The predicted octanol–water partition coefficient (Wildman–Crippen LogP) is 5.65. The molecule has 8 nitrogen and oxygen atoms in total. The molecule has 1 fully saturated rings. The third kappa shape index (κ3) is 4.08. The average Bonchev–Trinajstić information content (AvgIpc) is 3.58. The van der Waals surface area contributed by atoms with E-state index in [4.69, 9.17) is 4.98 Å². The molecule has 0 unspecified atom stereocenters. The number of tetrazole rings is 1. The molecule has 0 spiro atoms. The number of rotatable bonds is 6. The van der Waals surface area contributed by atoms with Crippen molar-refractivity contribution in [1.82, 2.24) is 30.2 Å². The Hall–Kier alpha value is -4.33. The Morgan fingerprint density at radius 1 is 0.973 bits per heavy atom. The van der Waals surface area contributed by atoms with Crippen LogP contribution in [-0.2, 0) is 11.2 Å². The smallest absolute Gasteiger partial charge is 0.226 e. The molecular weight excluding hydrogens is 462 g/mol. The van der Waals surface area contributed by atoms with E-state index in [1.807, 2.05) is 35.2 Å². The van der Waals surface area contributed by atoms with E-state index in [2.05, 4.69) is 69.4 Å². The molecule has 0 atom stereocenters. The molecule has 37 heavy (non-hydrogen) atoms. The van der Waals surface area contributed by atoms with Gasteiger partial charge in [-0.3, -0.25) is 9.36 Å². The number of nitrogens with one attached hydrogen (secondary N) is 1. The van der Waals surface area contributed by atoms with Crippen LogP contribution in [0.15, 0.2) is 60.7 Å². The van der Waals surface area contributed by atoms with E-state index in [1.54, 1.807) is 0 Å². The molecule has 2 aromatic heterocycles. The summed E-state index contributed by atoms with van der Waals surface area (Å²) in [4.78, 5) is 19.6. The van der Waals surface area contributed by atoms with E-state index in [-0.39, 0.29) is 5.91 Å². The standard InChI is InChI=1S/C29H29N7O/c1-3-9-27-30-24-16-15-20(35-17-7-6-14-28(35)37)18-26(24)36(27)25-13-8-12-21(19(25)2)22-10-4-5-11-23(22)29-31-33-34-32-29/h4-5,8,10-13,15-16,18H,3,6-7,9,14,17H2,1-2H3,(H,31,32,33,34). The van der Waals surface area contributed by atoms with Crippen molar-refractivity contribution in [1.29, 1.82) is 0 Å². The second-order valence-electron chi connectivity index (χ2n) is 9.53. The first-order valence-corrected chi connectivity index (χ1v) is 12.9. The maximum Gasteiger partial charge on any atom is 0.226 e. The number of H-pyrrole nitrogens is 1. The molecule has 0 aliphatic carbocycles. The summed E-state index contributed by atoms with van der Waals surface area (Å²) >= 11 is 0. The number of benzene rings is 3. The Morgan fingerprint density at radius 2 is 1.81 bits per heavy atom. The lowest BCUT2D eigenvalue weighted by atomic mass is 9.94. The Kier molecular flexibility index (Phi) is 6.00. The lowest BCUT2D eigenvalue weighted by Crippen LogP contribution is -2.35. The number of amides is 1. The van der Waals surface area contributed by atoms with Gasteiger partial charge in [0.2, 0.25) is 5.91 Å². The molecule has 1 aliphatic rings. The van der Waals surface area contributed by atoms with E-state index >= 15 is 0 Å². The molecule has 3 heterocycles. The molecule has 1 amide bonds. The van der Waals surface area contributed by atoms with Gasteiger partial charge in [-0.25, -0.2) is 10.1 Å². The minimum Gasteiger partial charge on any atom is -0.312 e. The number of aryl methyl sites for hydroxylation is 1. The van der Waals surface area contributed by atoms with E-state index in [1.165, 1.54) is 0 Å². The summed E-state index contributed by atoms with van der Waals surface area (Å²) in [5.41, 5.74) is 8.23. The maximum atomic E-state index is 12.7. The van der Waals surface area contributed by atoms with Crippen LogP contribution in [0.5, 0.6) is 0 Å². The number of carbonyl (C=O) groups excluding carboxylic acids is 1. The van der Waals surface area contributed by atoms with Crippen LogP contribution in [0.1, 0.15) is 44.0 Å². The van der Waals surface area contributed by atoms with Gasteiger partial charge in [0.1, 0.15) is 5.82 Å². The Balaban J connectivity index is 1.53. The monoisotopic (exact) mass is 491 g/mol. The number of fused-ring (bicyclic) bond motifs is 1. The molecular formula is C29H29N7O. The van der Waals surface area contributed by atoms with Crippen LogP contribution in [0.4, 0.5) is 5.69 Å². The van der Waals surface area contributed by atoms with Crippen molar-refractivity contribution >= 4 is 22.6 Å². The van der Waals surface area contributed by atoms with Crippen LogP contribution < -0.4 is 4.90 Å². The van der Waals surface area contributed by atoms with Gasteiger partial charge >= 0.3 is 0 Å². The summed E-state index contributed by atoms with van der Waals surface area (Å²) in [7, 11) is 0. The maximum absolute atomic E-state index is 12.7. The highest BCUT2D eigenvalue weighted by atomic mass is 16.2. The van der Waals surface area contributed by atoms with E-state index in [0.717, 1.165) is 82.7 Å². The molecule has 1 aliphatic heterocycles. The highest BCUT2D eigenvalue weighted by molar-refractivity contribution is 5.96. The molecule has 5 aromatic rings. The van der Waals surface area contributed by atoms with E-state index in [9.17, 15) is 4.79 Å². The van der Waals surface area contributed by atoms with Gasteiger partial charge in [0.15, 0.2) is 5.82 Å². The van der Waals surface area contributed by atoms with E-state index < -0.39 is 0 Å². The minimum atomic E-state index is 0.196. The number of nitrogens with zero attached hydrogens (tertiary/aromatic N) is 6. The normalized spacial score (nSPS) is 14.0. The van der Waals surface area contributed by atoms with Crippen LogP contribution >= 0.6 is 0 Å². The van der Waals surface area contributed by atoms with Crippen LogP contribution in [-0.4, -0.2) is 42.6 Å². The molecule has 1 saturated heterocycles. The summed E-state index contributed by atoms with van der Waals surface area (Å²) in [6.07, 6.45) is 4.45. The molecule has 8 heteroatoms. The summed E-state index contributed by atoms with van der Waals surface area (Å²) in [5, 5.41) is 14.6. The number of anilines is 1. The van der Waals surface area contributed by atoms with Gasteiger partial charge < -0.3 is 4.90 Å². The van der Waals surface area contributed by atoms with Gasteiger partial charge in [0.25, 0.3) is 0 Å². The van der Waals surface area contributed by atoms with Crippen molar-refractivity contribution in [2.75, 3.05) is 11.4 Å². The third-order valence-corrected chi connectivity index (χ3v) is 7.18. The van der Waals surface area contributed by atoms with Crippen molar-refractivity contribution in [2.45, 2.75) is 46.0 Å². The molecule has 1 N–H and O–H groups in total. The fourth-order valence-electron chi connectivity index (χ4n) is 5.38. The molecule has 3 aromatic carbocycles. The van der Waals surface area contributed by atoms with Crippen molar-refractivity contribution in [3.63, 3.8) is 0 Å². The van der Waals surface area contributed by atoms with Crippen LogP contribution in [0.2, 0.25) is 0 Å². The summed E-state index contributed by atoms with van der Waals surface area (Å²) < 4.78 is 2.27. The summed E-state index contributed by atoms with van der Waals surface area (Å²) in [6, 6.07) is 20.7. The fraction of sp³-hybridized carbons (Fsp3) is 0.276. The van der Waals surface area contributed by atoms with Crippen molar-refractivity contribution in [3.8, 4) is 28.2 Å². The second kappa shape index (κ2) is 9.61. The summed E-state index contributed by atoms with van der Waals surface area (Å²) in [6.45, 7) is 5.09. The van der Waals surface area contributed by atoms with Gasteiger partial charge in [-0.1, -0.05) is 43.3 Å². The lowest BCUT2D eigenvalue weighted by Gasteiger charge is -2.27. The molecule has 6 rings (SSSR count). The van der Waals surface area contributed by atoms with Crippen LogP contribution in [0, 0.1) is 6.92 Å². The van der Waals surface area contributed by atoms with Gasteiger partial charge in [-0.15, -0.1) is 5.10 Å². The zero-order valence-corrected chi connectivity index (χ0v) is 21.1. The zero-order chi connectivity index (χ0) is 25.4. The SMILES string of the molecule is CCCc1nc2ccc(N3CCCCC3=O)cc2n1-c1cccc(-c2ccccc2-c2nnn[nH]2)c1C. The van der Waals surface area contributed by atoms with Crippen LogP contribution in [0.25, 0.3) is 39.2 Å². The number of hydrogen-bond acceptors (Lipinski definition) is 5. The van der Waals surface area contributed by atoms with E-state index in [0.29, 0.717) is 12.2 Å². The van der Waals surface area contributed by atoms with Crippen LogP contribution in [0.3, 0.4) is 0 Å². The predicted molar refractivity (Wildman–Crippen MR) is 145 cm³/mol. The molecule has 0 radical (unpaired) electrons.